The van der Waals surface area contributed by atoms with Crippen LogP contribution in [0, 0.1) is 0 Å². The van der Waals surface area contributed by atoms with Crippen LogP contribution in [0.5, 0.6) is 0 Å². The summed E-state index contributed by atoms with van der Waals surface area (Å²) in [4.78, 5) is 4.45. The van der Waals surface area contributed by atoms with Gasteiger partial charge in [0.15, 0.2) is 5.65 Å². The molecule has 4 rings (SSSR count). The quantitative estimate of drug-likeness (QED) is 0.712. The van der Waals surface area contributed by atoms with Crippen LogP contribution in [0.4, 0.5) is 5.82 Å². The van der Waals surface area contributed by atoms with E-state index in [1.165, 1.54) is 0 Å². The van der Waals surface area contributed by atoms with Crippen LogP contribution in [0.1, 0.15) is 18.4 Å². The zero-order chi connectivity index (χ0) is 16.6. The number of nitrogens with one attached hydrogen (secondary N) is 2. The Morgan fingerprint density at radius 1 is 1.12 bits per heavy atom. The summed E-state index contributed by atoms with van der Waals surface area (Å²) in [7, 11) is -3.39. The molecule has 1 saturated carbocycles. The second kappa shape index (κ2) is 5.88. The number of nitrogens with zero attached hydrogens (tertiary/aromatic N) is 3. The zero-order valence-corrected chi connectivity index (χ0v) is 13.7. The van der Waals surface area contributed by atoms with Crippen LogP contribution in [0.25, 0.3) is 5.65 Å². The molecular formula is C16H17N5O2S. The maximum Gasteiger partial charge on any atom is 0.240 e. The molecule has 3 aromatic rings. The van der Waals surface area contributed by atoms with Crippen LogP contribution in [-0.4, -0.2) is 29.1 Å². The first-order valence-electron chi connectivity index (χ1n) is 7.76. The van der Waals surface area contributed by atoms with Crippen molar-refractivity contribution >= 4 is 21.5 Å². The molecule has 0 spiro atoms. The number of aromatic nitrogens is 3. The Labute approximate surface area is 139 Å². The van der Waals surface area contributed by atoms with Crippen molar-refractivity contribution in [1.82, 2.24) is 19.3 Å². The Hall–Kier alpha value is -2.45. The van der Waals surface area contributed by atoms with E-state index in [0.29, 0.717) is 11.4 Å². The summed E-state index contributed by atoms with van der Waals surface area (Å²) in [6.45, 7) is 0.559. The molecule has 0 atom stereocenters. The summed E-state index contributed by atoms with van der Waals surface area (Å²) in [5.74, 6) is 0.729. The average molecular weight is 343 g/mol. The highest BCUT2D eigenvalue weighted by Gasteiger charge is 2.27. The van der Waals surface area contributed by atoms with Crippen LogP contribution in [-0.2, 0) is 16.6 Å². The van der Waals surface area contributed by atoms with Crippen LogP contribution in [0.3, 0.4) is 0 Å². The number of rotatable bonds is 6. The lowest BCUT2D eigenvalue weighted by Crippen LogP contribution is -2.25. The van der Waals surface area contributed by atoms with Gasteiger partial charge in [-0.1, -0.05) is 12.1 Å². The van der Waals surface area contributed by atoms with Gasteiger partial charge in [-0.05, 0) is 42.7 Å². The molecule has 8 heteroatoms. The Kier molecular flexibility index (Phi) is 3.70. The minimum atomic E-state index is -3.39. The SMILES string of the molecule is O=S(=O)(NC1CC1)c1ccc(CNc2ccc3nccn3n2)cc1. The van der Waals surface area contributed by atoms with Gasteiger partial charge < -0.3 is 5.32 Å². The molecule has 24 heavy (non-hydrogen) atoms. The van der Waals surface area contributed by atoms with E-state index in [1.54, 1.807) is 29.0 Å². The molecule has 2 heterocycles. The third-order valence-electron chi connectivity index (χ3n) is 3.86. The average Bonchev–Trinajstić information content (AvgIpc) is 3.25. The van der Waals surface area contributed by atoms with Crippen molar-refractivity contribution in [3.8, 4) is 0 Å². The molecule has 1 aliphatic carbocycles. The fraction of sp³-hybridized carbons (Fsp3) is 0.250. The molecule has 1 aliphatic rings. The van der Waals surface area contributed by atoms with Gasteiger partial charge in [-0.3, -0.25) is 0 Å². The van der Waals surface area contributed by atoms with E-state index < -0.39 is 10.0 Å². The van der Waals surface area contributed by atoms with E-state index >= 15 is 0 Å². The lowest BCUT2D eigenvalue weighted by atomic mass is 10.2. The van der Waals surface area contributed by atoms with E-state index in [-0.39, 0.29) is 6.04 Å². The van der Waals surface area contributed by atoms with Gasteiger partial charge in [0, 0.05) is 25.0 Å². The summed E-state index contributed by atoms with van der Waals surface area (Å²) < 4.78 is 28.6. The van der Waals surface area contributed by atoms with Crippen LogP contribution < -0.4 is 10.0 Å². The molecule has 124 valence electrons. The fourth-order valence-corrected chi connectivity index (χ4v) is 3.68. The summed E-state index contributed by atoms with van der Waals surface area (Å²) in [5.41, 5.74) is 1.77. The molecule has 0 aliphatic heterocycles. The summed E-state index contributed by atoms with van der Waals surface area (Å²) in [5, 5.41) is 7.60. The van der Waals surface area contributed by atoms with Gasteiger partial charge in [-0.15, -0.1) is 5.10 Å². The van der Waals surface area contributed by atoms with Gasteiger partial charge >= 0.3 is 0 Å². The van der Waals surface area contributed by atoms with Gasteiger partial charge in [0.05, 0.1) is 4.90 Å². The maximum absolute atomic E-state index is 12.1. The van der Waals surface area contributed by atoms with Gasteiger partial charge in [0.1, 0.15) is 5.82 Å². The molecule has 2 N–H and O–H groups in total. The van der Waals surface area contributed by atoms with Gasteiger partial charge in [0.2, 0.25) is 10.0 Å². The van der Waals surface area contributed by atoms with Gasteiger partial charge in [-0.2, -0.15) is 0 Å². The Bertz CT molecular complexity index is 962. The topological polar surface area (TPSA) is 88.4 Å². The van der Waals surface area contributed by atoms with Gasteiger partial charge in [0.25, 0.3) is 0 Å². The predicted octanol–water partition coefficient (Wildman–Crippen LogP) is 1.78. The molecule has 0 radical (unpaired) electrons. The highest BCUT2D eigenvalue weighted by molar-refractivity contribution is 7.89. The lowest BCUT2D eigenvalue weighted by Gasteiger charge is -2.08. The first-order valence-corrected chi connectivity index (χ1v) is 9.24. The number of hydrogen-bond donors (Lipinski definition) is 2. The number of anilines is 1. The Balaban J connectivity index is 1.43. The van der Waals surface area contributed by atoms with Crippen molar-refractivity contribution in [2.75, 3.05) is 5.32 Å². The minimum absolute atomic E-state index is 0.112. The van der Waals surface area contributed by atoms with Crippen molar-refractivity contribution < 1.29 is 8.42 Å². The molecule has 0 unspecified atom stereocenters. The number of sulfonamides is 1. The molecule has 7 nitrogen and oxygen atoms in total. The first kappa shape index (κ1) is 15.1. The molecule has 0 bridgehead atoms. The van der Waals surface area contributed by atoms with Crippen molar-refractivity contribution in [2.45, 2.75) is 30.3 Å². The van der Waals surface area contributed by atoms with Crippen LogP contribution >= 0.6 is 0 Å². The molecule has 0 amide bonds. The standard InChI is InChI=1S/C16H17N5O2S/c22-24(23,20-13-3-4-13)14-5-1-12(2-6-14)11-18-15-7-8-16-17-9-10-21(16)19-15/h1-2,5-10,13,20H,3-4,11H2,(H,18,19). The fourth-order valence-electron chi connectivity index (χ4n) is 2.38. The van der Waals surface area contributed by atoms with Crippen LogP contribution in [0.2, 0.25) is 0 Å². The lowest BCUT2D eigenvalue weighted by molar-refractivity contribution is 0.581. The van der Waals surface area contributed by atoms with E-state index in [4.69, 9.17) is 0 Å². The molecule has 1 aromatic carbocycles. The Morgan fingerprint density at radius 2 is 1.92 bits per heavy atom. The van der Waals surface area contributed by atoms with Crippen LogP contribution in [0.15, 0.2) is 53.7 Å². The first-order chi connectivity index (χ1) is 11.6. The van der Waals surface area contributed by atoms with E-state index in [0.717, 1.165) is 29.9 Å². The summed E-state index contributed by atoms with van der Waals surface area (Å²) >= 11 is 0. The zero-order valence-electron chi connectivity index (χ0n) is 12.9. The second-order valence-electron chi connectivity index (χ2n) is 5.84. The number of benzene rings is 1. The summed E-state index contributed by atoms with van der Waals surface area (Å²) in [6.07, 6.45) is 5.33. The molecular weight excluding hydrogens is 326 g/mol. The number of hydrogen-bond acceptors (Lipinski definition) is 5. The maximum atomic E-state index is 12.1. The smallest absolute Gasteiger partial charge is 0.240 e. The van der Waals surface area contributed by atoms with E-state index in [2.05, 4.69) is 20.1 Å². The van der Waals surface area contributed by atoms with E-state index in [9.17, 15) is 8.42 Å². The van der Waals surface area contributed by atoms with E-state index in [1.807, 2.05) is 24.3 Å². The third kappa shape index (κ3) is 3.24. The van der Waals surface area contributed by atoms with Crippen molar-refractivity contribution in [3.63, 3.8) is 0 Å². The normalized spacial score (nSPS) is 14.8. The molecule has 0 saturated heterocycles. The minimum Gasteiger partial charge on any atom is -0.365 e. The highest BCUT2D eigenvalue weighted by Crippen LogP contribution is 2.22. The second-order valence-corrected chi connectivity index (χ2v) is 7.56. The van der Waals surface area contributed by atoms with Crippen molar-refractivity contribution in [3.05, 3.63) is 54.4 Å². The summed E-state index contributed by atoms with van der Waals surface area (Å²) in [6, 6.07) is 10.7. The molecule has 2 aromatic heterocycles. The number of imidazole rings is 1. The monoisotopic (exact) mass is 343 g/mol. The molecule has 1 fully saturated rings. The van der Waals surface area contributed by atoms with Crippen molar-refractivity contribution in [2.24, 2.45) is 0 Å². The predicted molar refractivity (Wildman–Crippen MR) is 90.1 cm³/mol. The highest BCUT2D eigenvalue weighted by atomic mass is 32.2. The third-order valence-corrected chi connectivity index (χ3v) is 5.40. The number of fused-ring (bicyclic) bond motifs is 1. The van der Waals surface area contributed by atoms with Gasteiger partial charge in [-0.25, -0.2) is 22.6 Å². The van der Waals surface area contributed by atoms with Crippen molar-refractivity contribution in [1.29, 1.82) is 0 Å². The Morgan fingerprint density at radius 3 is 2.67 bits per heavy atom. The largest absolute Gasteiger partial charge is 0.365 e.